The Morgan fingerprint density at radius 1 is 0.909 bits per heavy atom. The summed E-state index contributed by atoms with van der Waals surface area (Å²) in [4.78, 5) is 12.9. The molecular weight excluding hydrogens is 440 g/mol. The van der Waals surface area contributed by atoms with Crippen molar-refractivity contribution in [2.45, 2.75) is 23.6 Å². The van der Waals surface area contributed by atoms with Crippen LogP contribution in [0.25, 0.3) is 5.69 Å². The molecule has 0 N–H and O–H groups in total. The molecule has 1 heterocycles. The first kappa shape index (κ1) is 22.3. The molecule has 0 saturated heterocycles. The van der Waals surface area contributed by atoms with E-state index in [-0.39, 0.29) is 26.9 Å². The molecule has 4 rings (SSSR count). The van der Waals surface area contributed by atoms with Gasteiger partial charge in [0.15, 0.2) is 4.90 Å². The second-order valence-corrected chi connectivity index (χ2v) is 9.02. The predicted octanol–water partition coefficient (Wildman–Crippen LogP) is 4.63. The Hall–Kier alpha value is -3.91. The molecule has 8 heteroatoms. The monoisotopic (exact) mass is 462 g/mol. The summed E-state index contributed by atoms with van der Waals surface area (Å²) in [5, 5.41) is 4.40. The maximum absolute atomic E-state index is 13.5. The smallest absolute Gasteiger partial charge is 0.344 e. The molecule has 0 amide bonds. The van der Waals surface area contributed by atoms with Gasteiger partial charge in [0.2, 0.25) is 15.7 Å². The van der Waals surface area contributed by atoms with Gasteiger partial charge in [0, 0.05) is 0 Å². The van der Waals surface area contributed by atoms with Crippen molar-refractivity contribution in [3.8, 4) is 17.3 Å². The number of aromatic nitrogens is 2. The largest absolute Gasteiger partial charge is 0.494 e. The molecule has 1 aromatic heterocycles. The minimum absolute atomic E-state index is 0.0825. The quantitative estimate of drug-likeness (QED) is 0.372. The van der Waals surface area contributed by atoms with Crippen molar-refractivity contribution in [1.29, 1.82) is 0 Å². The highest BCUT2D eigenvalue weighted by atomic mass is 32.2. The highest BCUT2D eigenvalue weighted by molar-refractivity contribution is 7.91. The number of nitrogens with zero attached hydrogens (tertiary/aromatic N) is 2. The first-order chi connectivity index (χ1) is 15.9. The van der Waals surface area contributed by atoms with E-state index in [0.29, 0.717) is 18.0 Å². The Labute approximate surface area is 192 Å². The van der Waals surface area contributed by atoms with Gasteiger partial charge in [-0.2, -0.15) is 9.78 Å². The Kier molecular flexibility index (Phi) is 6.28. The molecule has 3 aromatic carbocycles. The van der Waals surface area contributed by atoms with Gasteiger partial charge in [-0.05, 0) is 62.4 Å². The van der Waals surface area contributed by atoms with E-state index in [9.17, 15) is 13.2 Å². The third-order valence-electron chi connectivity index (χ3n) is 4.88. The van der Waals surface area contributed by atoms with Crippen molar-refractivity contribution < 1.29 is 22.7 Å². The van der Waals surface area contributed by atoms with E-state index < -0.39 is 15.8 Å². The number of aryl methyl sites for hydroxylation is 1. The molecular formula is C25H22N2O5S. The molecule has 0 aliphatic heterocycles. The molecule has 33 heavy (non-hydrogen) atoms. The number of carbonyl (C=O) groups excluding carboxylic acids is 1. The maximum Gasteiger partial charge on any atom is 0.344 e. The van der Waals surface area contributed by atoms with E-state index in [1.807, 2.05) is 13.0 Å². The zero-order chi connectivity index (χ0) is 23.4. The Morgan fingerprint density at radius 3 is 2.12 bits per heavy atom. The van der Waals surface area contributed by atoms with Gasteiger partial charge < -0.3 is 9.47 Å². The molecule has 0 fully saturated rings. The zero-order valence-corrected chi connectivity index (χ0v) is 19.0. The molecule has 0 radical (unpaired) electrons. The van der Waals surface area contributed by atoms with Crippen LogP contribution in [-0.2, 0) is 9.84 Å². The lowest BCUT2D eigenvalue weighted by Crippen LogP contribution is -2.14. The van der Waals surface area contributed by atoms with Crippen LogP contribution in [0, 0.1) is 6.92 Å². The van der Waals surface area contributed by atoms with E-state index in [1.165, 1.54) is 16.8 Å². The summed E-state index contributed by atoms with van der Waals surface area (Å²) in [5.41, 5.74) is 1.03. The molecule has 0 unspecified atom stereocenters. The summed E-state index contributed by atoms with van der Waals surface area (Å²) in [6, 6.07) is 23.3. The number of carbonyl (C=O) groups is 1. The van der Waals surface area contributed by atoms with Crippen LogP contribution in [0.2, 0.25) is 0 Å². The maximum atomic E-state index is 13.5. The molecule has 0 spiro atoms. The number of esters is 1. The molecule has 0 saturated carbocycles. The standard InChI is InChI=1S/C25H22N2O5S/c1-3-31-21-16-14-19(15-17-21)25(28)32-24-23(33(29,30)22-12-8-5-9-13-22)18(2)26-27(24)20-10-6-4-7-11-20/h4-17H,3H2,1-2H3. The Bertz CT molecular complexity index is 1360. The van der Waals surface area contributed by atoms with Crippen LogP contribution in [0.5, 0.6) is 11.6 Å². The summed E-state index contributed by atoms with van der Waals surface area (Å²) in [6.45, 7) is 3.94. The van der Waals surface area contributed by atoms with Crippen molar-refractivity contribution in [2.75, 3.05) is 6.61 Å². The van der Waals surface area contributed by atoms with Gasteiger partial charge in [0.05, 0.1) is 28.4 Å². The van der Waals surface area contributed by atoms with Crippen LogP contribution in [0.15, 0.2) is 94.7 Å². The lowest BCUT2D eigenvalue weighted by atomic mass is 10.2. The van der Waals surface area contributed by atoms with E-state index in [4.69, 9.17) is 9.47 Å². The van der Waals surface area contributed by atoms with Crippen molar-refractivity contribution in [1.82, 2.24) is 9.78 Å². The lowest BCUT2D eigenvalue weighted by Gasteiger charge is -2.11. The van der Waals surface area contributed by atoms with Crippen LogP contribution in [0.3, 0.4) is 0 Å². The van der Waals surface area contributed by atoms with Gasteiger partial charge in [-0.3, -0.25) is 0 Å². The van der Waals surface area contributed by atoms with Gasteiger partial charge in [-0.15, -0.1) is 0 Å². The highest BCUT2D eigenvalue weighted by Gasteiger charge is 2.32. The Morgan fingerprint density at radius 2 is 1.52 bits per heavy atom. The SMILES string of the molecule is CCOc1ccc(C(=O)Oc2c(S(=O)(=O)c3ccccc3)c(C)nn2-c2ccccc2)cc1. The number of sulfone groups is 1. The van der Waals surface area contributed by atoms with E-state index >= 15 is 0 Å². The van der Waals surface area contributed by atoms with Crippen molar-refractivity contribution in [2.24, 2.45) is 0 Å². The van der Waals surface area contributed by atoms with Gasteiger partial charge >= 0.3 is 5.97 Å². The van der Waals surface area contributed by atoms with Gasteiger partial charge in [-0.1, -0.05) is 36.4 Å². The zero-order valence-electron chi connectivity index (χ0n) is 18.1. The van der Waals surface area contributed by atoms with E-state index in [0.717, 1.165) is 0 Å². The highest BCUT2D eigenvalue weighted by Crippen LogP contribution is 2.35. The minimum Gasteiger partial charge on any atom is -0.494 e. The number of hydrogen-bond donors (Lipinski definition) is 0. The summed E-state index contributed by atoms with van der Waals surface area (Å²) in [5.74, 6) is -0.257. The summed E-state index contributed by atoms with van der Waals surface area (Å²) in [6.07, 6.45) is 0. The van der Waals surface area contributed by atoms with Crippen molar-refractivity contribution >= 4 is 15.8 Å². The normalized spacial score (nSPS) is 11.2. The van der Waals surface area contributed by atoms with Crippen LogP contribution >= 0.6 is 0 Å². The van der Waals surface area contributed by atoms with E-state index in [1.54, 1.807) is 73.7 Å². The number of benzene rings is 3. The second kappa shape index (κ2) is 9.30. The second-order valence-electron chi connectivity index (χ2n) is 7.13. The summed E-state index contributed by atoms with van der Waals surface area (Å²) in [7, 11) is -4.01. The van der Waals surface area contributed by atoms with Crippen LogP contribution < -0.4 is 9.47 Å². The fraction of sp³-hybridized carbons (Fsp3) is 0.120. The van der Waals surface area contributed by atoms with E-state index in [2.05, 4.69) is 5.10 Å². The Balaban J connectivity index is 1.82. The third-order valence-corrected chi connectivity index (χ3v) is 6.78. The van der Waals surface area contributed by atoms with Crippen molar-refractivity contribution in [3.05, 3.63) is 96.2 Å². The van der Waals surface area contributed by atoms with Crippen LogP contribution in [0.4, 0.5) is 0 Å². The number of ether oxygens (including phenoxy) is 2. The summed E-state index contributed by atoms with van der Waals surface area (Å²) < 4.78 is 39.4. The van der Waals surface area contributed by atoms with Gasteiger partial charge in [0.1, 0.15) is 5.75 Å². The van der Waals surface area contributed by atoms with Gasteiger partial charge in [-0.25, -0.2) is 13.2 Å². The predicted molar refractivity (Wildman–Crippen MR) is 123 cm³/mol. The number of hydrogen-bond acceptors (Lipinski definition) is 6. The molecule has 168 valence electrons. The number of para-hydroxylation sites is 1. The molecule has 4 aromatic rings. The molecule has 0 atom stereocenters. The average molecular weight is 463 g/mol. The first-order valence-electron chi connectivity index (χ1n) is 10.3. The van der Waals surface area contributed by atoms with Crippen LogP contribution in [-0.4, -0.2) is 30.8 Å². The lowest BCUT2D eigenvalue weighted by molar-refractivity contribution is 0.0718. The van der Waals surface area contributed by atoms with Gasteiger partial charge in [0.25, 0.3) is 0 Å². The van der Waals surface area contributed by atoms with Crippen LogP contribution in [0.1, 0.15) is 23.0 Å². The topological polar surface area (TPSA) is 87.5 Å². The fourth-order valence-corrected chi connectivity index (χ4v) is 4.89. The molecule has 0 aliphatic rings. The minimum atomic E-state index is -4.01. The first-order valence-corrected chi connectivity index (χ1v) is 11.8. The third kappa shape index (κ3) is 4.51. The van der Waals surface area contributed by atoms with Crippen molar-refractivity contribution in [3.63, 3.8) is 0 Å². The fourth-order valence-electron chi connectivity index (χ4n) is 3.35. The summed E-state index contributed by atoms with van der Waals surface area (Å²) >= 11 is 0. The molecule has 7 nitrogen and oxygen atoms in total. The average Bonchev–Trinajstić information content (AvgIpc) is 3.17. The molecule has 0 aliphatic carbocycles. The molecule has 0 bridgehead atoms. The number of rotatable bonds is 7.